The number of aliphatic hydroxyl groups is 1. The van der Waals surface area contributed by atoms with Crippen molar-refractivity contribution in [2.45, 2.75) is 44.4 Å². The predicted octanol–water partition coefficient (Wildman–Crippen LogP) is 1.88. The molecular formula is C27H37N5O4S. The van der Waals surface area contributed by atoms with Crippen LogP contribution in [0, 0.1) is 0 Å². The molecule has 3 aliphatic heterocycles. The molecule has 2 fully saturated rings. The van der Waals surface area contributed by atoms with Crippen molar-refractivity contribution in [2.24, 2.45) is 0 Å². The zero-order valence-corrected chi connectivity index (χ0v) is 22.3. The van der Waals surface area contributed by atoms with E-state index >= 15 is 0 Å². The lowest BCUT2D eigenvalue weighted by Crippen LogP contribution is -2.43. The Morgan fingerprint density at radius 1 is 0.973 bits per heavy atom. The molecule has 0 radical (unpaired) electrons. The highest BCUT2D eigenvalue weighted by Crippen LogP contribution is 2.29. The number of hydrogen-bond acceptors (Lipinski definition) is 6. The molecule has 0 spiro atoms. The molecule has 4 heterocycles. The van der Waals surface area contributed by atoms with Gasteiger partial charge in [0.2, 0.25) is 10.0 Å². The Kier molecular flexibility index (Phi) is 7.80. The van der Waals surface area contributed by atoms with E-state index in [4.69, 9.17) is 0 Å². The van der Waals surface area contributed by atoms with E-state index in [1.165, 1.54) is 17.4 Å². The normalized spacial score (nSPS) is 20.9. The Labute approximate surface area is 219 Å². The summed E-state index contributed by atoms with van der Waals surface area (Å²) < 4.78 is 25.0. The van der Waals surface area contributed by atoms with Gasteiger partial charge in [-0.15, -0.1) is 0 Å². The standard InChI is InChI=1S/C27H37N5O4S/c1-37(35,36)32-12-9-22(10-13-32)23-6-7-25(28-16-23)18-30-14-15-31(27(30)34)20-26(33)19-29-11-8-21-4-2-3-5-24(21)17-29/h2-7,16,22,26,33H,8-15,17-20H2,1H3. The number of carbonyl (C=O) groups excluding carboxylic acids is 1. The molecule has 0 saturated carbocycles. The van der Waals surface area contributed by atoms with Gasteiger partial charge >= 0.3 is 6.03 Å². The fraction of sp³-hybridized carbons (Fsp3) is 0.556. The minimum absolute atomic E-state index is 0.0536. The van der Waals surface area contributed by atoms with Crippen LogP contribution in [0.15, 0.2) is 42.6 Å². The third kappa shape index (κ3) is 6.31. The number of fused-ring (bicyclic) bond motifs is 1. The monoisotopic (exact) mass is 527 g/mol. The van der Waals surface area contributed by atoms with E-state index in [2.05, 4.69) is 40.2 Å². The van der Waals surface area contributed by atoms with Crippen LogP contribution in [0.25, 0.3) is 0 Å². The number of urea groups is 1. The minimum Gasteiger partial charge on any atom is -0.390 e. The molecule has 2 amide bonds. The number of benzene rings is 1. The fourth-order valence-corrected chi connectivity index (χ4v) is 6.63. The van der Waals surface area contributed by atoms with Gasteiger partial charge in [0.25, 0.3) is 0 Å². The van der Waals surface area contributed by atoms with Gasteiger partial charge in [-0.05, 0) is 47.9 Å². The molecular weight excluding hydrogens is 490 g/mol. The molecule has 3 aliphatic rings. The van der Waals surface area contributed by atoms with E-state index in [1.54, 1.807) is 14.1 Å². The molecule has 1 aromatic heterocycles. The van der Waals surface area contributed by atoms with Crippen molar-refractivity contribution < 1.29 is 18.3 Å². The number of hydrogen-bond donors (Lipinski definition) is 1. The fourth-order valence-electron chi connectivity index (χ4n) is 5.76. The Bertz CT molecular complexity index is 1200. The maximum Gasteiger partial charge on any atom is 0.320 e. The molecule has 2 aromatic rings. The second-order valence-electron chi connectivity index (χ2n) is 10.6. The van der Waals surface area contributed by atoms with Gasteiger partial charge in [-0.1, -0.05) is 30.3 Å². The molecule has 1 unspecified atom stereocenters. The topological polar surface area (TPSA) is 97.3 Å². The Morgan fingerprint density at radius 2 is 1.70 bits per heavy atom. The van der Waals surface area contributed by atoms with E-state index in [1.807, 2.05) is 12.3 Å². The number of nitrogens with zero attached hydrogens (tertiary/aromatic N) is 5. The second kappa shape index (κ2) is 11.1. The summed E-state index contributed by atoms with van der Waals surface area (Å²) in [6.07, 6.45) is 5.12. The van der Waals surface area contributed by atoms with Gasteiger partial charge in [0, 0.05) is 58.6 Å². The largest absolute Gasteiger partial charge is 0.390 e. The van der Waals surface area contributed by atoms with Crippen molar-refractivity contribution in [3.05, 3.63) is 65.0 Å². The van der Waals surface area contributed by atoms with E-state index in [9.17, 15) is 18.3 Å². The second-order valence-corrected chi connectivity index (χ2v) is 12.6. The van der Waals surface area contributed by atoms with Crippen LogP contribution in [0.2, 0.25) is 0 Å². The summed E-state index contributed by atoms with van der Waals surface area (Å²) in [6, 6.07) is 12.4. The van der Waals surface area contributed by atoms with E-state index in [-0.39, 0.29) is 6.03 Å². The maximum atomic E-state index is 13.0. The van der Waals surface area contributed by atoms with Crippen LogP contribution in [0.1, 0.15) is 41.1 Å². The molecule has 37 heavy (non-hydrogen) atoms. The van der Waals surface area contributed by atoms with Gasteiger partial charge in [0.1, 0.15) is 0 Å². The highest BCUT2D eigenvalue weighted by Gasteiger charge is 2.31. The van der Waals surface area contributed by atoms with Crippen LogP contribution in [0.5, 0.6) is 0 Å². The van der Waals surface area contributed by atoms with Gasteiger partial charge in [-0.2, -0.15) is 0 Å². The number of pyridine rings is 1. The van der Waals surface area contributed by atoms with Crippen molar-refractivity contribution >= 4 is 16.1 Å². The Hall–Kier alpha value is -2.53. The van der Waals surface area contributed by atoms with E-state index < -0.39 is 16.1 Å². The van der Waals surface area contributed by atoms with Crippen molar-refractivity contribution in [3.8, 4) is 0 Å². The average molecular weight is 528 g/mol. The molecule has 9 nitrogen and oxygen atoms in total. The first kappa shape index (κ1) is 26.1. The van der Waals surface area contributed by atoms with Crippen LogP contribution >= 0.6 is 0 Å². The molecule has 0 aliphatic carbocycles. The Balaban J connectivity index is 1.08. The molecule has 10 heteroatoms. The number of rotatable bonds is 8. The summed E-state index contributed by atoms with van der Waals surface area (Å²) >= 11 is 0. The Morgan fingerprint density at radius 3 is 2.41 bits per heavy atom. The van der Waals surface area contributed by atoms with Gasteiger partial charge in [-0.25, -0.2) is 17.5 Å². The quantitative estimate of drug-likeness (QED) is 0.563. The zero-order chi connectivity index (χ0) is 26.0. The van der Waals surface area contributed by atoms with Crippen molar-refractivity contribution in [3.63, 3.8) is 0 Å². The first-order chi connectivity index (χ1) is 17.8. The maximum absolute atomic E-state index is 13.0. The van der Waals surface area contributed by atoms with Crippen molar-refractivity contribution in [2.75, 3.05) is 52.1 Å². The summed E-state index contributed by atoms with van der Waals surface area (Å²) in [5, 5.41) is 10.7. The highest BCUT2D eigenvalue weighted by molar-refractivity contribution is 7.88. The molecule has 1 N–H and O–H groups in total. The summed E-state index contributed by atoms with van der Waals surface area (Å²) in [6.45, 7) is 5.42. The number of amides is 2. The van der Waals surface area contributed by atoms with Crippen LogP contribution in [0.3, 0.4) is 0 Å². The minimum atomic E-state index is -3.13. The number of carbonyl (C=O) groups is 1. The van der Waals surface area contributed by atoms with Gasteiger partial charge < -0.3 is 14.9 Å². The molecule has 1 aromatic carbocycles. The summed E-state index contributed by atoms with van der Waals surface area (Å²) in [4.78, 5) is 23.4. The smallest absolute Gasteiger partial charge is 0.320 e. The number of β-amino-alcohol motifs (C(OH)–C–C–N with tert-alkyl or cyclic N) is 1. The first-order valence-corrected chi connectivity index (χ1v) is 15.0. The number of piperidine rings is 1. The van der Waals surface area contributed by atoms with Gasteiger partial charge in [-0.3, -0.25) is 9.88 Å². The van der Waals surface area contributed by atoms with Crippen molar-refractivity contribution in [1.82, 2.24) is 24.0 Å². The number of sulfonamides is 1. The van der Waals surface area contributed by atoms with E-state index in [0.29, 0.717) is 51.7 Å². The van der Waals surface area contributed by atoms with Crippen LogP contribution in [0.4, 0.5) is 4.79 Å². The average Bonchev–Trinajstić information content (AvgIpc) is 3.22. The zero-order valence-electron chi connectivity index (χ0n) is 21.5. The molecule has 2 saturated heterocycles. The summed E-state index contributed by atoms with van der Waals surface area (Å²) in [5.41, 5.74) is 4.66. The van der Waals surface area contributed by atoms with E-state index in [0.717, 1.165) is 43.6 Å². The lowest BCUT2D eigenvalue weighted by molar-refractivity contribution is 0.0812. The molecule has 200 valence electrons. The molecule has 5 rings (SSSR count). The summed E-state index contributed by atoms with van der Waals surface area (Å²) in [5.74, 6) is 0.304. The number of aliphatic hydroxyl groups excluding tert-OH is 1. The first-order valence-electron chi connectivity index (χ1n) is 13.2. The molecule has 0 bridgehead atoms. The highest BCUT2D eigenvalue weighted by atomic mass is 32.2. The van der Waals surface area contributed by atoms with Crippen LogP contribution < -0.4 is 0 Å². The molecule has 1 atom stereocenters. The third-order valence-electron chi connectivity index (χ3n) is 7.89. The van der Waals surface area contributed by atoms with Crippen LogP contribution in [-0.2, 0) is 29.5 Å². The van der Waals surface area contributed by atoms with Gasteiger partial charge in [0.15, 0.2) is 0 Å². The van der Waals surface area contributed by atoms with Crippen molar-refractivity contribution in [1.29, 1.82) is 0 Å². The number of aromatic nitrogens is 1. The summed E-state index contributed by atoms with van der Waals surface area (Å²) in [7, 11) is -3.13. The lowest BCUT2D eigenvalue weighted by Gasteiger charge is -2.31. The SMILES string of the molecule is CS(=O)(=O)N1CCC(c2ccc(CN3CCN(CC(O)CN4CCc5ccccc5C4)C3=O)nc2)CC1. The predicted molar refractivity (Wildman–Crippen MR) is 141 cm³/mol. The van der Waals surface area contributed by atoms with Crippen LogP contribution in [-0.4, -0.2) is 102 Å². The third-order valence-corrected chi connectivity index (χ3v) is 9.19. The lowest BCUT2D eigenvalue weighted by atomic mass is 9.91. The van der Waals surface area contributed by atoms with Gasteiger partial charge in [0.05, 0.1) is 24.6 Å².